The minimum Gasteiger partial charge on any atom is -0.490 e. The molecular weight excluding hydrogens is 314 g/mol. The molecule has 1 heterocycles. The summed E-state index contributed by atoms with van der Waals surface area (Å²) in [4.78, 5) is 13.4. The van der Waals surface area contributed by atoms with E-state index in [9.17, 15) is 4.79 Å². The maximum Gasteiger partial charge on any atom is 0.354 e. The molecule has 0 unspecified atom stereocenters. The number of hydrogen-bond donors (Lipinski definition) is 2. The second-order valence-corrected chi connectivity index (χ2v) is 6.41. The van der Waals surface area contributed by atoms with Crippen molar-refractivity contribution in [2.24, 2.45) is 0 Å². The summed E-state index contributed by atoms with van der Waals surface area (Å²) in [5.74, 6) is -0.643. The van der Waals surface area contributed by atoms with E-state index in [-0.39, 0.29) is 10.7 Å². The van der Waals surface area contributed by atoms with Gasteiger partial charge < -0.3 is 14.8 Å². The molecule has 2 N–H and O–H groups in total. The third-order valence-electron chi connectivity index (χ3n) is 4.00. The van der Waals surface area contributed by atoms with Crippen molar-refractivity contribution in [1.29, 1.82) is 0 Å². The summed E-state index contributed by atoms with van der Waals surface area (Å²) in [6.45, 7) is 2.83. The number of aromatic nitrogens is 1. The number of halogens is 1. The Balaban J connectivity index is 1.95. The molecule has 0 aliphatic heterocycles. The van der Waals surface area contributed by atoms with Crippen LogP contribution >= 0.6 is 11.6 Å². The normalized spacial score (nSPS) is 10.9. The molecule has 0 atom stereocenters. The number of ether oxygens (including phenoxy) is 1. The Morgan fingerprint density at radius 3 is 2.04 bits per heavy atom. The number of rotatable bonds is 14. The van der Waals surface area contributed by atoms with E-state index >= 15 is 0 Å². The molecule has 23 heavy (non-hydrogen) atoms. The van der Waals surface area contributed by atoms with Crippen molar-refractivity contribution < 1.29 is 14.6 Å². The van der Waals surface area contributed by atoms with Gasteiger partial charge in [-0.1, -0.05) is 82.7 Å². The quantitative estimate of drug-likeness (QED) is 0.404. The van der Waals surface area contributed by atoms with Crippen LogP contribution in [0.1, 0.15) is 88.0 Å². The average Bonchev–Trinajstić information content (AvgIpc) is 2.89. The maximum atomic E-state index is 10.8. The van der Waals surface area contributed by atoms with Gasteiger partial charge in [0.1, 0.15) is 10.7 Å². The van der Waals surface area contributed by atoms with Crippen LogP contribution in [-0.4, -0.2) is 22.7 Å². The van der Waals surface area contributed by atoms with Crippen molar-refractivity contribution in [1.82, 2.24) is 4.98 Å². The number of carboxylic acids is 1. The fourth-order valence-electron chi connectivity index (χ4n) is 2.60. The number of carbonyl (C=O) groups is 1. The summed E-state index contributed by atoms with van der Waals surface area (Å²) in [5, 5.41) is 9.03. The summed E-state index contributed by atoms with van der Waals surface area (Å²) < 4.78 is 5.52. The molecule has 0 aliphatic carbocycles. The number of nitrogens with one attached hydrogen (secondary N) is 1. The molecule has 0 saturated heterocycles. The summed E-state index contributed by atoms with van der Waals surface area (Å²) in [6, 6.07) is 0. The Kier molecular flexibility index (Phi) is 10.6. The van der Waals surface area contributed by atoms with Crippen LogP contribution < -0.4 is 4.74 Å². The molecule has 1 aromatic rings. The van der Waals surface area contributed by atoms with E-state index in [4.69, 9.17) is 21.4 Å². The van der Waals surface area contributed by atoms with Crippen molar-refractivity contribution in [3.8, 4) is 5.75 Å². The first-order valence-electron chi connectivity index (χ1n) is 8.89. The number of hydrogen-bond acceptors (Lipinski definition) is 2. The van der Waals surface area contributed by atoms with Crippen molar-refractivity contribution in [2.75, 3.05) is 6.61 Å². The van der Waals surface area contributed by atoms with Gasteiger partial charge in [0.15, 0.2) is 5.75 Å². The minimum atomic E-state index is -1.07. The lowest BCUT2D eigenvalue weighted by atomic mass is 10.1. The van der Waals surface area contributed by atoms with Crippen LogP contribution in [0.25, 0.3) is 0 Å². The lowest BCUT2D eigenvalue weighted by Gasteiger charge is -2.05. The second-order valence-electron chi connectivity index (χ2n) is 6.03. The van der Waals surface area contributed by atoms with Gasteiger partial charge in [-0.3, -0.25) is 0 Å². The monoisotopic (exact) mass is 343 g/mol. The Hall–Kier alpha value is -1.16. The molecule has 0 radical (unpaired) electrons. The van der Waals surface area contributed by atoms with Gasteiger partial charge in [-0.05, 0) is 6.42 Å². The highest BCUT2D eigenvalue weighted by molar-refractivity contribution is 6.34. The molecule has 4 nitrogen and oxygen atoms in total. The highest BCUT2D eigenvalue weighted by Crippen LogP contribution is 2.28. The smallest absolute Gasteiger partial charge is 0.354 e. The molecular formula is C18H30ClNO3. The molecule has 0 aromatic carbocycles. The Morgan fingerprint density at radius 1 is 1.04 bits per heavy atom. The molecule has 0 spiro atoms. The number of carboxylic acid groups (broad SMARTS) is 1. The third kappa shape index (κ3) is 8.31. The lowest BCUT2D eigenvalue weighted by molar-refractivity contribution is 0.0691. The van der Waals surface area contributed by atoms with Gasteiger partial charge in [0.25, 0.3) is 0 Å². The van der Waals surface area contributed by atoms with Crippen LogP contribution in [0.5, 0.6) is 5.75 Å². The predicted molar refractivity (Wildman–Crippen MR) is 94.7 cm³/mol. The SMILES string of the molecule is CCCCCCCCCCCCCOc1c[nH]c(C(=O)O)c1Cl. The lowest BCUT2D eigenvalue weighted by Crippen LogP contribution is -1.98. The average molecular weight is 344 g/mol. The van der Waals surface area contributed by atoms with Gasteiger partial charge in [0.05, 0.1) is 6.61 Å². The zero-order chi connectivity index (χ0) is 16.9. The van der Waals surface area contributed by atoms with Crippen LogP contribution in [0.3, 0.4) is 0 Å². The fraction of sp³-hybridized carbons (Fsp3) is 0.722. The Morgan fingerprint density at radius 2 is 1.57 bits per heavy atom. The highest BCUT2D eigenvalue weighted by atomic mass is 35.5. The van der Waals surface area contributed by atoms with Gasteiger partial charge >= 0.3 is 5.97 Å². The van der Waals surface area contributed by atoms with E-state index < -0.39 is 5.97 Å². The molecule has 5 heteroatoms. The topological polar surface area (TPSA) is 62.3 Å². The van der Waals surface area contributed by atoms with Crippen molar-refractivity contribution in [2.45, 2.75) is 77.6 Å². The summed E-state index contributed by atoms with van der Waals surface area (Å²) >= 11 is 5.92. The molecule has 0 bridgehead atoms. The summed E-state index contributed by atoms with van der Waals surface area (Å²) in [6.07, 6.45) is 15.7. The third-order valence-corrected chi connectivity index (χ3v) is 4.38. The number of unbranched alkanes of at least 4 members (excludes halogenated alkanes) is 10. The van der Waals surface area contributed by atoms with E-state index in [2.05, 4.69) is 11.9 Å². The maximum absolute atomic E-state index is 10.8. The molecule has 1 aromatic heterocycles. The zero-order valence-corrected chi connectivity index (χ0v) is 15.0. The predicted octanol–water partition coefficient (Wildman–Crippen LogP) is 6.06. The van der Waals surface area contributed by atoms with Crippen molar-refractivity contribution in [3.63, 3.8) is 0 Å². The van der Waals surface area contributed by atoms with Gasteiger partial charge in [-0.2, -0.15) is 0 Å². The first kappa shape index (κ1) is 19.9. The van der Waals surface area contributed by atoms with Gasteiger partial charge in [0, 0.05) is 6.20 Å². The van der Waals surface area contributed by atoms with Gasteiger partial charge in [0.2, 0.25) is 0 Å². The molecule has 0 saturated carbocycles. The Labute approximate surface area is 144 Å². The van der Waals surface area contributed by atoms with E-state index in [1.165, 1.54) is 64.0 Å². The molecule has 132 valence electrons. The summed E-state index contributed by atoms with van der Waals surface area (Å²) in [7, 11) is 0. The van der Waals surface area contributed by atoms with Crippen molar-refractivity contribution in [3.05, 3.63) is 16.9 Å². The summed E-state index contributed by atoms with van der Waals surface area (Å²) in [5.41, 5.74) is -0.0133. The van der Waals surface area contributed by atoms with Gasteiger partial charge in [-0.15, -0.1) is 0 Å². The second kappa shape index (κ2) is 12.3. The van der Waals surface area contributed by atoms with Gasteiger partial charge in [-0.25, -0.2) is 4.79 Å². The molecule has 0 amide bonds. The van der Waals surface area contributed by atoms with Crippen LogP contribution in [0.4, 0.5) is 0 Å². The fourth-order valence-corrected chi connectivity index (χ4v) is 2.84. The van der Waals surface area contributed by atoms with E-state index in [1.54, 1.807) is 0 Å². The van der Waals surface area contributed by atoms with E-state index in [0.29, 0.717) is 12.4 Å². The number of aromatic amines is 1. The molecule has 0 aliphatic rings. The van der Waals surface area contributed by atoms with Crippen LogP contribution in [0, 0.1) is 0 Å². The zero-order valence-electron chi connectivity index (χ0n) is 14.2. The Bertz CT molecular complexity index is 445. The first-order valence-corrected chi connectivity index (χ1v) is 9.27. The largest absolute Gasteiger partial charge is 0.490 e. The first-order chi connectivity index (χ1) is 11.2. The number of aromatic carboxylic acids is 1. The van der Waals surface area contributed by atoms with Crippen LogP contribution in [0.2, 0.25) is 5.02 Å². The number of H-pyrrole nitrogens is 1. The standard InChI is InChI=1S/C18H30ClNO3/c1-2-3-4-5-6-7-8-9-10-11-12-13-23-15-14-20-17(16(15)19)18(21)22/h14,20H,2-13H2,1H3,(H,21,22). The minimum absolute atomic E-state index is 0.0133. The molecule has 1 rings (SSSR count). The highest BCUT2D eigenvalue weighted by Gasteiger charge is 2.15. The van der Waals surface area contributed by atoms with Crippen LogP contribution in [0.15, 0.2) is 6.20 Å². The van der Waals surface area contributed by atoms with Crippen LogP contribution in [-0.2, 0) is 0 Å². The van der Waals surface area contributed by atoms with E-state index in [0.717, 1.165) is 12.8 Å². The van der Waals surface area contributed by atoms with Crippen molar-refractivity contribution >= 4 is 17.6 Å². The molecule has 0 fully saturated rings. The van der Waals surface area contributed by atoms with E-state index in [1.807, 2.05) is 0 Å².